The third-order valence-electron chi connectivity index (χ3n) is 2.67. The van der Waals surface area contributed by atoms with Gasteiger partial charge in [0.25, 0.3) is 0 Å². The number of thiophene rings is 1. The maximum atomic E-state index is 4.63. The molecule has 1 aliphatic rings. The van der Waals surface area contributed by atoms with Gasteiger partial charge in [-0.1, -0.05) is 6.92 Å². The van der Waals surface area contributed by atoms with Crippen molar-refractivity contribution in [2.75, 3.05) is 5.32 Å². The Hall–Kier alpha value is -0.870. The van der Waals surface area contributed by atoms with Gasteiger partial charge in [-0.15, -0.1) is 22.7 Å². The van der Waals surface area contributed by atoms with Gasteiger partial charge in [-0.25, -0.2) is 4.98 Å². The average Bonchev–Trinajstić information content (AvgIpc) is 2.83. The second-order valence-electron chi connectivity index (χ2n) is 4.08. The van der Waals surface area contributed by atoms with E-state index in [-0.39, 0.29) is 0 Å². The fourth-order valence-electron chi connectivity index (χ4n) is 1.56. The van der Waals surface area contributed by atoms with Gasteiger partial charge in [0.2, 0.25) is 0 Å². The first-order chi connectivity index (χ1) is 7.85. The zero-order valence-corrected chi connectivity index (χ0v) is 10.8. The topological polar surface area (TPSA) is 24.9 Å². The standard InChI is InChI=1S/C12H14N2S2/c1-2-9-5-6-11(16-9)10-7-15-12(14-10)13-8-3-4-8/h5-8H,2-4H2,1H3,(H,13,14). The summed E-state index contributed by atoms with van der Waals surface area (Å²) in [5.74, 6) is 0. The minimum atomic E-state index is 0.688. The summed E-state index contributed by atoms with van der Waals surface area (Å²) in [6, 6.07) is 5.07. The number of aryl methyl sites for hydroxylation is 1. The van der Waals surface area contributed by atoms with Gasteiger partial charge in [0.15, 0.2) is 5.13 Å². The van der Waals surface area contributed by atoms with Crippen molar-refractivity contribution in [2.45, 2.75) is 32.2 Å². The maximum absolute atomic E-state index is 4.63. The monoisotopic (exact) mass is 250 g/mol. The molecule has 1 aliphatic carbocycles. The van der Waals surface area contributed by atoms with Crippen molar-refractivity contribution < 1.29 is 0 Å². The Kier molecular flexibility index (Phi) is 2.69. The average molecular weight is 250 g/mol. The van der Waals surface area contributed by atoms with Gasteiger partial charge in [0.05, 0.1) is 10.6 Å². The molecule has 84 valence electrons. The fourth-order valence-corrected chi connectivity index (χ4v) is 3.33. The van der Waals surface area contributed by atoms with E-state index in [4.69, 9.17) is 0 Å². The molecule has 0 radical (unpaired) electrons. The fraction of sp³-hybridized carbons (Fsp3) is 0.417. The van der Waals surface area contributed by atoms with E-state index in [9.17, 15) is 0 Å². The van der Waals surface area contributed by atoms with Gasteiger partial charge >= 0.3 is 0 Å². The molecule has 16 heavy (non-hydrogen) atoms. The van der Waals surface area contributed by atoms with E-state index < -0.39 is 0 Å². The number of hydrogen-bond donors (Lipinski definition) is 1. The van der Waals surface area contributed by atoms with Crippen molar-refractivity contribution in [2.24, 2.45) is 0 Å². The van der Waals surface area contributed by atoms with E-state index in [0.29, 0.717) is 6.04 Å². The maximum Gasteiger partial charge on any atom is 0.183 e. The van der Waals surface area contributed by atoms with Crippen molar-refractivity contribution in [3.63, 3.8) is 0 Å². The lowest BCUT2D eigenvalue weighted by Gasteiger charge is -1.95. The van der Waals surface area contributed by atoms with Crippen molar-refractivity contribution in [3.05, 3.63) is 22.4 Å². The number of aromatic nitrogens is 1. The Labute approximate surface area is 103 Å². The minimum Gasteiger partial charge on any atom is -0.359 e. The molecule has 2 aromatic rings. The SMILES string of the molecule is CCc1ccc(-c2csc(NC3CC3)n2)s1. The van der Waals surface area contributed by atoms with Crippen LogP contribution in [0.5, 0.6) is 0 Å². The lowest BCUT2D eigenvalue weighted by Crippen LogP contribution is -1.99. The molecule has 0 atom stereocenters. The van der Waals surface area contributed by atoms with Crippen molar-refractivity contribution in [1.82, 2.24) is 4.98 Å². The second-order valence-corrected chi connectivity index (χ2v) is 6.10. The smallest absolute Gasteiger partial charge is 0.183 e. The first-order valence-corrected chi connectivity index (χ1v) is 7.36. The molecule has 2 nitrogen and oxygen atoms in total. The zero-order valence-electron chi connectivity index (χ0n) is 9.19. The summed E-state index contributed by atoms with van der Waals surface area (Å²) < 4.78 is 0. The highest BCUT2D eigenvalue weighted by Gasteiger charge is 2.22. The third kappa shape index (κ3) is 2.13. The van der Waals surface area contributed by atoms with Crippen molar-refractivity contribution in [1.29, 1.82) is 0 Å². The van der Waals surface area contributed by atoms with E-state index in [1.54, 1.807) is 11.3 Å². The van der Waals surface area contributed by atoms with Crippen LogP contribution in [0.4, 0.5) is 5.13 Å². The molecule has 0 bridgehead atoms. The Morgan fingerprint density at radius 3 is 3.00 bits per heavy atom. The summed E-state index contributed by atoms with van der Waals surface area (Å²) >= 11 is 3.56. The van der Waals surface area contributed by atoms with E-state index >= 15 is 0 Å². The van der Waals surface area contributed by atoms with E-state index in [2.05, 4.69) is 34.7 Å². The largest absolute Gasteiger partial charge is 0.359 e. The van der Waals surface area contributed by atoms with Gasteiger partial charge in [-0.05, 0) is 31.4 Å². The molecular formula is C12H14N2S2. The van der Waals surface area contributed by atoms with Crippen molar-refractivity contribution >= 4 is 27.8 Å². The van der Waals surface area contributed by atoms with E-state index in [1.165, 1.54) is 22.6 Å². The van der Waals surface area contributed by atoms with Crippen LogP contribution in [-0.2, 0) is 6.42 Å². The highest BCUT2D eigenvalue weighted by atomic mass is 32.1. The van der Waals surface area contributed by atoms with Gasteiger partial charge in [-0.2, -0.15) is 0 Å². The first-order valence-electron chi connectivity index (χ1n) is 5.66. The van der Waals surface area contributed by atoms with Crippen LogP contribution in [0.1, 0.15) is 24.6 Å². The molecule has 0 spiro atoms. The summed E-state index contributed by atoms with van der Waals surface area (Å²) in [6.07, 6.45) is 3.71. The minimum absolute atomic E-state index is 0.688. The predicted octanol–water partition coefficient (Wildman–Crippen LogP) is 4.01. The van der Waals surface area contributed by atoms with Crippen LogP contribution in [0.25, 0.3) is 10.6 Å². The molecule has 2 aromatic heterocycles. The Morgan fingerprint density at radius 2 is 2.31 bits per heavy atom. The van der Waals surface area contributed by atoms with Crippen LogP contribution < -0.4 is 5.32 Å². The number of nitrogens with one attached hydrogen (secondary N) is 1. The number of rotatable bonds is 4. The summed E-state index contributed by atoms with van der Waals surface area (Å²) in [6.45, 7) is 2.19. The molecule has 0 amide bonds. The highest BCUT2D eigenvalue weighted by Crippen LogP contribution is 2.33. The van der Waals surface area contributed by atoms with Gasteiger partial charge in [0, 0.05) is 16.3 Å². The molecule has 3 rings (SSSR count). The lowest BCUT2D eigenvalue weighted by molar-refractivity contribution is 1.14. The Morgan fingerprint density at radius 1 is 1.44 bits per heavy atom. The van der Waals surface area contributed by atoms with Gasteiger partial charge in [-0.3, -0.25) is 0 Å². The molecule has 1 fully saturated rings. The highest BCUT2D eigenvalue weighted by molar-refractivity contribution is 7.17. The van der Waals surface area contributed by atoms with Crippen LogP contribution in [0, 0.1) is 0 Å². The number of hydrogen-bond acceptors (Lipinski definition) is 4. The summed E-state index contributed by atoms with van der Waals surface area (Å²) in [4.78, 5) is 7.35. The molecule has 0 aromatic carbocycles. The second kappa shape index (κ2) is 4.18. The number of nitrogens with zero attached hydrogens (tertiary/aromatic N) is 1. The number of anilines is 1. The van der Waals surface area contributed by atoms with Crippen LogP contribution in [0.15, 0.2) is 17.5 Å². The summed E-state index contributed by atoms with van der Waals surface area (Å²) in [7, 11) is 0. The van der Waals surface area contributed by atoms with Crippen molar-refractivity contribution in [3.8, 4) is 10.6 Å². The predicted molar refractivity (Wildman–Crippen MR) is 71.4 cm³/mol. The van der Waals surface area contributed by atoms with Gasteiger partial charge in [0.1, 0.15) is 0 Å². The molecule has 0 saturated heterocycles. The van der Waals surface area contributed by atoms with Gasteiger partial charge < -0.3 is 5.32 Å². The van der Waals surface area contributed by atoms with Crippen LogP contribution in [0.2, 0.25) is 0 Å². The summed E-state index contributed by atoms with van der Waals surface area (Å²) in [5.41, 5.74) is 1.12. The number of thiazole rings is 1. The van der Waals surface area contributed by atoms with E-state index in [1.807, 2.05) is 11.3 Å². The molecule has 2 heterocycles. The molecule has 0 aliphatic heterocycles. The zero-order chi connectivity index (χ0) is 11.0. The molecule has 4 heteroatoms. The quantitative estimate of drug-likeness (QED) is 0.887. The Bertz CT molecular complexity index is 483. The van der Waals surface area contributed by atoms with Crippen LogP contribution in [-0.4, -0.2) is 11.0 Å². The Balaban J connectivity index is 1.79. The van der Waals surface area contributed by atoms with Crippen LogP contribution >= 0.6 is 22.7 Å². The molecule has 1 N–H and O–H groups in total. The lowest BCUT2D eigenvalue weighted by atomic mass is 10.3. The molecular weight excluding hydrogens is 236 g/mol. The van der Waals surface area contributed by atoms with E-state index in [0.717, 1.165) is 17.2 Å². The summed E-state index contributed by atoms with van der Waals surface area (Å²) in [5, 5.41) is 6.66. The third-order valence-corrected chi connectivity index (χ3v) is 4.70. The first kappa shape index (κ1) is 10.3. The van der Waals surface area contributed by atoms with Crippen LogP contribution in [0.3, 0.4) is 0 Å². The molecule has 1 saturated carbocycles. The normalized spacial score (nSPS) is 15.3. The molecule has 0 unspecified atom stereocenters.